The first kappa shape index (κ1) is 15.0. The molecule has 1 aliphatic heterocycles. The summed E-state index contributed by atoms with van der Waals surface area (Å²) in [5, 5.41) is 8.99. The van der Waals surface area contributed by atoms with Crippen LogP contribution in [0, 0.1) is 6.92 Å². The van der Waals surface area contributed by atoms with Gasteiger partial charge < -0.3 is 10.8 Å². The zero-order chi connectivity index (χ0) is 14.9. The summed E-state index contributed by atoms with van der Waals surface area (Å²) in [5.74, 6) is -1.14. The monoisotopic (exact) mass is 298 g/mol. The van der Waals surface area contributed by atoms with Crippen LogP contribution in [-0.2, 0) is 10.0 Å². The topological polar surface area (TPSA) is 101 Å². The van der Waals surface area contributed by atoms with Gasteiger partial charge in [-0.25, -0.2) is 13.2 Å². The molecular weight excluding hydrogens is 280 g/mol. The van der Waals surface area contributed by atoms with E-state index in [0.717, 1.165) is 0 Å². The highest BCUT2D eigenvalue weighted by molar-refractivity contribution is 7.89. The van der Waals surface area contributed by atoms with E-state index in [0.29, 0.717) is 31.5 Å². The summed E-state index contributed by atoms with van der Waals surface area (Å²) in [6.45, 7) is 2.41. The zero-order valence-electron chi connectivity index (χ0n) is 11.2. The third kappa shape index (κ3) is 2.84. The van der Waals surface area contributed by atoms with Crippen molar-refractivity contribution in [1.29, 1.82) is 0 Å². The van der Waals surface area contributed by atoms with Crippen LogP contribution in [0.2, 0.25) is 0 Å². The minimum absolute atomic E-state index is 0.0251. The Hall–Kier alpha value is -1.44. The van der Waals surface area contributed by atoms with Gasteiger partial charge in [-0.3, -0.25) is 0 Å². The van der Waals surface area contributed by atoms with Gasteiger partial charge in [0.15, 0.2) is 0 Å². The number of carboxylic acid groups (broad SMARTS) is 1. The van der Waals surface area contributed by atoms with E-state index in [9.17, 15) is 13.2 Å². The molecule has 1 heterocycles. The lowest BCUT2D eigenvalue weighted by atomic mass is 10.1. The van der Waals surface area contributed by atoms with E-state index in [-0.39, 0.29) is 16.5 Å². The van der Waals surface area contributed by atoms with Crippen molar-refractivity contribution >= 4 is 16.0 Å². The first-order chi connectivity index (χ1) is 9.32. The Morgan fingerprint density at radius 2 is 1.95 bits per heavy atom. The SMILES string of the molecule is Cc1ccc(C(=O)O)cc1S(=O)(=O)N1CCC(N)CC1. The molecule has 1 aromatic rings. The predicted octanol–water partition coefficient (Wildman–Crippen LogP) is 0.805. The Kier molecular flexibility index (Phi) is 4.12. The number of nitrogens with zero attached hydrogens (tertiary/aromatic N) is 1. The zero-order valence-corrected chi connectivity index (χ0v) is 12.1. The average molecular weight is 298 g/mol. The number of carboxylic acids is 1. The Balaban J connectivity index is 2.38. The van der Waals surface area contributed by atoms with Crippen molar-refractivity contribution in [3.63, 3.8) is 0 Å². The highest BCUT2D eigenvalue weighted by Gasteiger charge is 2.29. The summed E-state index contributed by atoms with van der Waals surface area (Å²) < 4.78 is 26.5. The molecule has 0 unspecified atom stereocenters. The number of piperidine rings is 1. The molecule has 0 atom stereocenters. The summed E-state index contributed by atoms with van der Waals surface area (Å²) in [4.78, 5) is 11.0. The van der Waals surface area contributed by atoms with Gasteiger partial charge in [-0.05, 0) is 37.5 Å². The van der Waals surface area contributed by atoms with E-state index >= 15 is 0 Å². The Bertz CT molecular complexity index is 619. The number of hydrogen-bond donors (Lipinski definition) is 2. The summed E-state index contributed by atoms with van der Waals surface area (Å²) in [6.07, 6.45) is 1.24. The molecule has 0 saturated carbocycles. The van der Waals surface area contributed by atoms with Gasteiger partial charge in [0.1, 0.15) is 0 Å². The van der Waals surface area contributed by atoms with Crippen LogP contribution in [0.25, 0.3) is 0 Å². The first-order valence-corrected chi connectivity index (χ1v) is 7.86. The van der Waals surface area contributed by atoms with Gasteiger partial charge in [-0.15, -0.1) is 0 Å². The maximum absolute atomic E-state index is 12.6. The predicted molar refractivity (Wildman–Crippen MR) is 74.1 cm³/mol. The Morgan fingerprint density at radius 3 is 2.50 bits per heavy atom. The molecule has 1 aliphatic rings. The van der Waals surface area contributed by atoms with Crippen LogP contribution >= 0.6 is 0 Å². The molecule has 20 heavy (non-hydrogen) atoms. The molecule has 0 spiro atoms. The second kappa shape index (κ2) is 5.51. The van der Waals surface area contributed by atoms with Crippen molar-refractivity contribution in [2.45, 2.75) is 30.7 Å². The molecule has 2 rings (SSSR count). The molecule has 0 amide bonds. The van der Waals surface area contributed by atoms with Crippen molar-refractivity contribution in [2.75, 3.05) is 13.1 Å². The fraction of sp³-hybridized carbons (Fsp3) is 0.462. The second-order valence-corrected chi connectivity index (χ2v) is 6.93. The minimum Gasteiger partial charge on any atom is -0.478 e. The molecule has 6 nitrogen and oxygen atoms in total. The standard InChI is InChI=1S/C13H18N2O4S/c1-9-2-3-10(13(16)17)8-12(9)20(18,19)15-6-4-11(14)5-7-15/h2-3,8,11H,4-7,14H2,1H3,(H,16,17). The lowest BCUT2D eigenvalue weighted by Gasteiger charge is -2.29. The molecule has 1 aromatic carbocycles. The van der Waals surface area contributed by atoms with E-state index in [1.54, 1.807) is 6.92 Å². The number of aryl methyl sites for hydroxylation is 1. The molecule has 7 heteroatoms. The molecule has 0 aliphatic carbocycles. The maximum Gasteiger partial charge on any atom is 0.335 e. The quantitative estimate of drug-likeness (QED) is 0.860. The second-order valence-electron chi connectivity index (χ2n) is 5.03. The van der Waals surface area contributed by atoms with Crippen LogP contribution in [0.15, 0.2) is 23.1 Å². The van der Waals surface area contributed by atoms with Crippen molar-refractivity contribution in [3.05, 3.63) is 29.3 Å². The van der Waals surface area contributed by atoms with E-state index in [1.807, 2.05) is 0 Å². The van der Waals surface area contributed by atoms with Gasteiger partial charge in [0.2, 0.25) is 10.0 Å². The molecule has 1 saturated heterocycles. The molecule has 1 fully saturated rings. The average Bonchev–Trinajstić information content (AvgIpc) is 2.39. The van der Waals surface area contributed by atoms with Crippen LogP contribution in [0.4, 0.5) is 0 Å². The van der Waals surface area contributed by atoms with Crippen LogP contribution in [-0.4, -0.2) is 42.9 Å². The molecular formula is C13H18N2O4S. The van der Waals surface area contributed by atoms with Gasteiger partial charge in [-0.1, -0.05) is 6.07 Å². The van der Waals surface area contributed by atoms with Gasteiger partial charge in [0.25, 0.3) is 0 Å². The number of aromatic carboxylic acids is 1. The highest BCUT2D eigenvalue weighted by Crippen LogP contribution is 2.24. The van der Waals surface area contributed by atoms with Crippen LogP contribution in [0.3, 0.4) is 0 Å². The molecule has 0 bridgehead atoms. The van der Waals surface area contributed by atoms with Gasteiger partial charge >= 0.3 is 5.97 Å². The normalized spacial score (nSPS) is 18.1. The number of benzene rings is 1. The third-order valence-corrected chi connectivity index (χ3v) is 5.59. The lowest BCUT2D eigenvalue weighted by Crippen LogP contribution is -2.42. The Labute approximate surface area is 118 Å². The van der Waals surface area contributed by atoms with E-state index in [4.69, 9.17) is 10.8 Å². The van der Waals surface area contributed by atoms with E-state index in [2.05, 4.69) is 0 Å². The first-order valence-electron chi connectivity index (χ1n) is 6.42. The van der Waals surface area contributed by atoms with Gasteiger partial charge in [0.05, 0.1) is 10.5 Å². The summed E-state index contributed by atoms with van der Waals surface area (Å²) in [5.41, 5.74) is 6.29. The summed E-state index contributed by atoms with van der Waals surface area (Å²) in [6, 6.07) is 4.18. The molecule has 0 aromatic heterocycles. The molecule has 3 N–H and O–H groups in total. The largest absolute Gasteiger partial charge is 0.478 e. The third-order valence-electron chi connectivity index (χ3n) is 3.55. The molecule has 110 valence electrons. The van der Waals surface area contributed by atoms with Crippen molar-refractivity contribution in [1.82, 2.24) is 4.31 Å². The van der Waals surface area contributed by atoms with Crippen molar-refractivity contribution in [3.8, 4) is 0 Å². The fourth-order valence-electron chi connectivity index (χ4n) is 2.27. The number of hydrogen-bond acceptors (Lipinski definition) is 4. The van der Waals surface area contributed by atoms with Gasteiger partial charge in [-0.2, -0.15) is 4.31 Å². The Morgan fingerprint density at radius 1 is 1.35 bits per heavy atom. The summed E-state index contributed by atoms with van der Waals surface area (Å²) in [7, 11) is -3.66. The number of rotatable bonds is 3. The number of nitrogens with two attached hydrogens (primary N) is 1. The summed E-state index contributed by atoms with van der Waals surface area (Å²) >= 11 is 0. The number of carbonyl (C=O) groups is 1. The van der Waals surface area contributed by atoms with E-state index in [1.165, 1.54) is 22.5 Å². The smallest absolute Gasteiger partial charge is 0.335 e. The van der Waals surface area contributed by atoms with Crippen LogP contribution in [0.1, 0.15) is 28.8 Å². The minimum atomic E-state index is -3.66. The van der Waals surface area contributed by atoms with Gasteiger partial charge in [0, 0.05) is 19.1 Å². The number of sulfonamides is 1. The lowest BCUT2D eigenvalue weighted by molar-refractivity contribution is 0.0696. The highest BCUT2D eigenvalue weighted by atomic mass is 32.2. The fourth-order valence-corrected chi connectivity index (χ4v) is 3.99. The van der Waals surface area contributed by atoms with Crippen LogP contribution < -0.4 is 5.73 Å². The van der Waals surface area contributed by atoms with Crippen LogP contribution in [0.5, 0.6) is 0 Å². The van der Waals surface area contributed by atoms with Crippen molar-refractivity contribution < 1.29 is 18.3 Å². The maximum atomic E-state index is 12.6. The van der Waals surface area contributed by atoms with Crippen molar-refractivity contribution in [2.24, 2.45) is 5.73 Å². The van der Waals surface area contributed by atoms with E-state index < -0.39 is 16.0 Å². The molecule has 0 radical (unpaired) electrons.